The molecule has 2 aromatic rings. The lowest BCUT2D eigenvalue weighted by molar-refractivity contribution is 0.298. The van der Waals surface area contributed by atoms with Crippen molar-refractivity contribution in [3.05, 3.63) is 63.4 Å². The van der Waals surface area contributed by atoms with Crippen LogP contribution in [0.3, 0.4) is 0 Å². The van der Waals surface area contributed by atoms with Crippen LogP contribution in [-0.4, -0.2) is 7.05 Å². The van der Waals surface area contributed by atoms with Gasteiger partial charge in [0.1, 0.15) is 18.2 Å². The maximum Gasteiger partial charge on any atom is 0.127 e. The van der Waals surface area contributed by atoms with E-state index in [1.165, 1.54) is 12.1 Å². The van der Waals surface area contributed by atoms with Gasteiger partial charge in [0.25, 0.3) is 0 Å². The zero-order valence-electron chi connectivity index (χ0n) is 11.8. The number of benzene rings is 2. The van der Waals surface area contributed by atoms with Gasteiger partial charge < -0.3 is 10.1 Å². The minimum Gasteiger partial charge on any atom is -0.488 e. The van der Waals surface area contributed by atoms with Crippen molar-refractivity contribution in [3.8, 4) is 5.75 Å². The molecule has 2 aromatic carbocycles. The lowest BCUT2D eigenvalue weighted by Gasteiger charge is -2.17. The summed E-state index contributed by atoms with van der Waals surface area (Å²) in [6.07, 6.45) is 0. The number of ether oxygens (including phenoxy) is 1. The molecule has 0 aliphatic heterocycles. The Kier molecular flexibility index (Phi) is 5.45. The van der Waals surface area contributed by atoms with Gasteiger partial charge in [-0.1, -0.05) is 41.4 Å². The third-order valence-corrected chi connectivity index (χ3v) is 4.15. The molecular weight excluding hydrogens is 312 g/mol. The monoisotopic (exact) mass is 327 g/mol. The van der Waals surface area contributed by atoms with Gasteiger partial charge >= 0.3 is 0 Å². The molecule has 2 rings (SSSR count). The molecule has 0 aromatic heterocycles. The summed E-state index contributed by atoms with van der Waals surface area (Å²) in [5, 5.41) is 4.04. The van der Waals surface area contributed by atoms with Crippen molar-refractivity contribution in [2.75, 3.05) is 7.05 Å². The van der Waals surface area contributed by atoms with Gasteiger partial charge in [-0.15, -0.1) is 0 Å². The van der Waals surface area contributed by atoms with Crippen LogP contribution in [0.5, 0.6) is 5.75 Å². The minimum atomic E-state index is -0.339. The number of hydrogen-bond donors (Lipinski definition) is 1. The van der Waals surface area contributed by atoms with Gasteiger partial charge in [0.15, 0.2) is 0 Å². The molecule has 112 valence electrons. The maximum absolute atomic E-state index is 13.4. The Balaban J connectivity index is 2.23. The molecule has 21 heavy (non-hydrogen) atoms. The van der Waals surface area contributed by atoms with Gasteiger partial charge in [-0.3, -0.25) is 0 Å². The summed E-state index contributed by atoms with van der Waals surface area (Å²) in [5.74, 6) is 0.155. The standard InChI is InChI=1S/C16H16Cl2FNO/c1-10(20-2)13-7-6-12(19)8-15(13)21-9-11-4-3-5-14(17)16(11)18/h3-8,10,20H,9H2,1-2H3. The first-order chi connectivity index (χ1) is 10.0. The van der Waals surface area contributed by atoms with Crippen LogP contribution in [0.15, 0.2) is 36.4 Å². The Morgan fingerprint density at radius 2 is 2.00 bits per heavy atom. The zero-order chi connectivity index (χ0) is 15.4. The Morgan fingerprint density at radius 3 is 2.71 bits per heavy atom. The Bertz CT molecular complexity index is 634. The highest BCUT2D eigenvalue weighted by atomic mass is 35.5. The van der Waals surface area contributed by atoms with E-state index in [1.54, 1.807) is 18.2 Å². The second kappa shape index (κ2) is 7.12. The van der Waals surface area contributed by atoms with Crippen molar-refractivity contribution in [1.82, 2.24) is 5.32 Å². The lowest BCUT2D eigenvalue weighted by Crippen LogP contribution is -2.14. The Morgan fingerprint density at radius 1 is 1.24 bits per heavy atom. The molecule has 0 aliphatic carbocycles. The van der Waals surface area contributed by atoms with Crippen molar-refractivity contribution in [1.29, 1.82) is 0 Å². The topological polar surface area (TPSA) is 21.3 Å². The number of rotatable bonds is 5. The second-order valence-electron chi connectivity index (χ2n) is 4.69. The van der Waals surface area contributed by atoms with E-state index in [0.717, 1.165) is 11.1 Å². The molecule has 0 saturated carbocycles. The fourth-order valence-electron chi connectivity index (χ4n) is 1.96. The summed E-state index contributed by atoms with van der Waals surface area (Å²) in [6, 6.07) is 9.90. The van der Waals surface area contributed by atoms with Gasteiger partial charge in [0.2, 0.25) is 0 Å². The van der Waals surface area contributed by atoms with Crippen molar-refractivity contribution in [2.45, 2.75) is 19.6 Å². The fourth-order valence-corrected chi connectivity index (χ4v) is 2.34. The first-order valence-electron chi connectivity index (χ1n) is 6.55. The van der Waals surface area contributed by atoms with Crippen molar-refractivity contribution in [2.24, 2.45) is 0 Å². The molecule has 0 aliphatic rings. The molecule has 0 saturated heterocycles. The molecule has 0 bridgehead atoms. The van der Waals surface area contributed by atoms with E-state index in [9.17, 15) is 4.39 Å². The van der Waals surface area contributed by atoms with Crippen LogP contribution >= 0.6 is 23.2 Å². The van der Waals surface area contributed by atoms with E-state index < -0.39 is 0 Å². The van der Waals surface area contributed by atoms with E-state index >= 15 is 0 Å². The summed E-state index contributed by atoms with van der Waals surface area (Å²) in [6.45, 7) is 2.21. The molecule has 5 heteroatoms. The molecule has 0 radical (unpaired) electrons. The van der Waals surface area contributed by atoms with Crippen LogP contribution in [-0.2, 0) is 6.61 Å². The first-order valence-corrected chi connectivity index (χ1v) is 7.31. The minimum absolute atomic E-state index is 0.0513. The molecule has 1 unspecified atom stereocenters. The highest BCUT2D eigenvalue weighted by molar-refractivity contribution is 6.42. The first kappa shape index (κ1) is 16.1. The third-order valence-electron chi connectivity index (χ3n) is 3.29. The fraction of sp³-hybridized carbons (Fsp3) is 0.250. The largest absolute Gasteiger partial charge is 0.488 e. The van der Waals surface area contributed by atoms with Gasteiger partial charge in [-0.25, -0.2) is 4.39 Å². The molecule has 0 heterocycles. The van der Waals surface area contributed by atoms with E-state index in [-0.39, 0.29) is 18.5 Å². The van der Waals surface area contributed by atoms with E-state index in [0.29, 0.717) is 15.8 Å². The molecule has 0 fully saturated rings. The quantitative estimate of drug-likeness (QED) is 0.835. The van der Waals surface area contributed by atoms with Crippen molar-refractivity contribution in [3.63, 3.8) is 0 Å². The average molecular weight is 328 g/mol. The van der Waals surface area contributed by atoms with Gasteiger partial charge in [0.05, 0.1) is 10.0 Å². The summed E-state index contributed by atoms with van der Waals surface area (Å²) in [5.41, 5.74) is 1.65. The number of hydrogen-bond acceptors (Lipinski definition) is 2. The predicted molar refractivity (Wildman–Crippen MR) is 84.7 cm³/mol. The lowest BCUT2D eigenvalue weighted by atomic mass is 10.1. The average Bonchev–Trinajstić information content (AvgIpc) is 2.48. The Labute approximate surface area is 133 Å². The van der Waals surface area contributed by atoms with Crippen molar-refractivity contribution >= 4 is 23.2 Å². The summed E-state index contributed by atoms with van der Waals surface area (Å²) >= 11 is 12.1. The van der Waals surface area contributed by atoms with Crippen LogP contribution in [0.1, 0.15) is 24.1 Å². The van der Waals surface area contributed by atoms with Gasteiger partial charge in [-0.2, -0.15) is 0 Å². The summed E-state index contributed by atoms with van der Waals surface area (Å²) in [7, 11) is 1.84. The van der Waals surface area contributed by atoms with E-state index in [2.05, 4.69) is 5.32 Å². The number of nitrogens with one attached hydrogen (secondary N) is 1. The van der Waals surface area contributed by atoms with E-state index in [4.69, 9.17) is 27.9 Å². The van der Waals surface area contributed by atoms with Crippen LogP contribution in [0.2, 0.25) is 10.0 Å². The van der Waals surface area contributed by atoms with Crippen LogP contribution in [0.25, 0.3) is 0 Å². The summed E-state index contributed by atoms with van der Waals surface area (Å²) < 4.78 is 19.2. The van der Waals surface area contributed by atoms with Crippen LogP contribution in [0, 0.1) is 5.82 Å². The molecule has 1 N–H and O–H groups in total. The zero-order valence-corrected chi connectivity index (χ0v) is 13.3. The highest BCUT2D eigenvalue weighted by Gasteiger charge is 2.12. The Hall–Kier alpha value is -1.29. The highest BCUT2D eigenvalue weighted by Crippen LogP contribution is 2.29. The predicted octanol–water partition coefficient (Wildman–Crippen LogP) is 4.99. The molecular formula is C16H16Cl2FNO. The smallest absolute Gasteiger partial charge is 0.127 e. The molecule has 2 nitrogen and oxygen atoms in total. The van der Waals surface area contributed by atoms with Crippen LogP contribution in [0.4, 0.5) is 4.39 Å². The van der Waals surface area contributed by atoms with E-state index in [1.807, 2.05) is 20.0 Å². The third kappa shape index (κ3) is 3.88. The second-order valence-corrected chi connectivity index (χ2v) is 5.48. The maximum atomic E-state index is 13.4. The summed E-state index contributed by atoms with van der Waals surface area (Å²) in [4.78, 5) is 0. The van der Waals surface area contributed by atoms with Gasteiger partial charge in [0, 0.05) is 23.2 Å². The molecule has 0 amide bonds. The normalized spacial score (nSPS) is 12.2. The van der Waals surface area contributed by atoms with Gasteiger partial charge in [-0.05, 0) is 26.1 Å². The molecule has 1 atom stereocenters. The SMILES string of the molecule is CNC(C)c1ccc(F)cc1OCc1cccc(Cl)c1Cl. The van der Waals surface area contributed by atoms with Crippen LogP contribution < -0.4 is 10.1 Å². The molecule has 0 spiro atoms. The number of halogens is 3. The van der Waals surface area contributed by atoms with Crippen molar-refractivity contribution < 1.29 is 9.13 Å².